The van der Waals surface area contributed by atoms with E-state index in [1.807, 2.05) is 13.8 Å². The largest absolute Gasteiger partial charge is 0.395 e. The second kappa shape index (κ2) is 8.97. The normalized spacial score (nSPS) is 10.2. The molecule has 0 unspecified atom stereocenters. The molecule has 1 N–H and O–H groups in total. The number of hydrogen-bond donors (Lipinski definition) is 1. The number of nitrogens with zero attached hydrogens (tertiary/aromatic N) is 1. The van der Waals surface area contributed by atoms with E-state index in [1.165, 1.54) is 0 Å². The van der Waals surface area contributed by atoms with Crippen LogP contribution in [0.4, 0.5) is 0 Å². The number of hydrogen-bond acceptors (Lipinski definition) is 3. The maximum Gasteiger partial charge on any atom is 0.222 e. The summed E-state index contributed by atoms with van der Waals surface area (Å²) in [5.74, 6) is 0.0984. The van der Waals surface area contributed by atoms with Gasteiger partial charge in [0.1, 0.15) is 0 Å². The van der Waals surface area contributed by atoms with Crippen LogP contribution in [0.2, 0.25) is 0 Å². The zero-order valence-corrected chi connectivity index (χ0v) is 9.16. The molecule has 0 aromatic heterocycles. The summed E-state index contributed by atoms with van der Waals surface area (Å²) in [6.07, 6.45) is 1.27. The van der Waals surface area contributed by atoms with Crippen LogP contribution >= 0.6 is 0 Å². The molecule has 0 aromatic carbocycles. The molecular weight excluding hydrogens is 182 g/mol. The molecule has 0 spiro atoms. The highest BCUT2D eigenvalue weighted by atomic mass is 16.5. The van der Waals surface area contributed by atoms with Crippen molar-refractivity contribution in [3.8, 4) is 0 Å². The molecule has 0 rings (SSSR count). The van der Waals surface area contributed by atoms with Gasteiger partial charge in [0.25, 0.3) is 0 Å². The van der Waals surface area contributed by atoms with E-state index in [4.69, 9.17) is 9.84 Å². The molecule has 14 heavy (non-hydrogen) atoms. The Bertz CT molecular complexity index is 150. The van der Waals surface area contributed by atoms with Crippen LogP contribution in [0.25, 0.3) is 0 Å². The highest BCUT2D eigenvalue weighted by Crippen LogP contribution is 1.98. The van der Waals surface area contributed by atoms with Gasteiger partial charge in [-0.2, -0.15) is 0 Å². The third-order valence-electron chi connectivity index (χ3n) is 1.99. The molecule has 0 fully saturated rings. The van der Waals surface area contributed by atoms with Gasteiger partial charge in [0.15, 0.2) is 0 Å². The number of rotatable bonds is 8. The Morgan fingerprint density at radius 2 is 2.14 bits per heavy atom. The number of ether oxygens (including phenoxy) is 1. The Kier molecular flexibility index (Phi) is 8.57. The summed E-state index contributed by atoms with van der Waals surface area (Å²) in [6, 6.07) is 0. The van der Waals surface area contributed by atoms with E-state index in [0.29, 0.717) is 32.7 Å². The smallest absolute Gasteiger partial charge is 0.222 e. The molecular formula is C10H21NO3. The molecule has 0 bridgehead atoms. The first kappa shape index (κ1) is 13.4. The van der Waals surface area contributed by atoms with Crippen LogP contribution in [-0.2, 0) is 9.53 Å². The van der Waals surface area contributed by atoms with Crippen molar-refractivity contribution >= 4 is 5.91 Å². The Morgan fingerprint density at radius 1 is 1.43 bits per heavy atom. The van der Waals surface area contributed by atoms with E-state index in [2.05, 4.69) is 0 Å². The molecule has 0 aromatic rings. The van der Waals surface area contributed by atoms with Gasteiger partial charge in [-0.3, -0.25) is 4.79 Å². The maximum absolute atomic E-state index is 11.5. The summed E-state index contributed by atoms with van der Waals surface area (Å²) in [5.41, 5.74) is 0. The Morgan fingerprint density at radius 3 is 2.64 bits per heavy atom. The van der Waals surface area contributed by atoms with Gasteiger partial charge in [0.05, 0.1) is 6.61 Å². The fourth-order valence-corrected chi connectivity index (χ4v) is 1.21. The zero-order chi connectivity index (χ0) is 10.8. The van der Waals surface area contributed by atoms with Crippen LogP contribution in [0.3, 0.4) is 0 Å². The van der Waals surface area contributed by atoms with Crippen LogP contribution in [0, 0.1) is 0 Å². The number of aliphatic hydroxyl groups is 1. The molecule has 0 atom stereocenters. The fourth-order valence-electron chi connectivity index (χ4n) is 1.21. The SMILES string of the molecule is CCOCCCC(=O)N(CC)CCO. The molecule has 1 amide bonds. The third kappa shape index (κ3) is 5.94. The lowest BCUT2D eigenvalue weighted by Crippen LogP contribution is -2.33. The quantitative estimate of drug-likeness (QED) is 0.589. The van der Waals surface area contributed by atoms with Crippen LogP contribution in [-0.4, -0.2) is 48.8 Å². The van der Waals surface area contributed by atoms with Crippen molar-refractivity contribution in [3.05, 3.63) is 0 Å². The van der Waals surface area contributed by atoms with Crippen molar-refractivity contribution < 1.29 is 14.6 Å². The first-order valence-electron chi connectivity index (χ1n) is 5.22. The van der Waals surface area contributed by atoms with Gasteiger partial charge < -0.3 is 14.7 Å². The Hall–Kier alpha value is -0.610. The van der Waals surface area contributed by atoms with Gasteiger partial charge in [-0.1, -0.05) is 0 Å². The molecule has 4 heteroatoms. The second-order valence-electron chi connectivity index (χ2n) is 3.00. The molecule has 0 aliphatic carbocycles. The molecule has 0 heterocycles. The Labute approximate surface area is 85.9 Å². The molecule has 0 aliphatic heterocycles. The minimum absolute atomic E-state index is 0.0328. The predicted octanol–water partition coefficient (Wildman–Crippen LogP) is 0.644. The number of amides is 1. The first-order chi connectivity index (χ1) is 6.76. The summed E-state index contributed by atoms with van der Waals surface area (Å²) in [5, 5.41) is 8.71. The fraction of sp³-hybridized carbons (Fsp3) is 0.900. The highest BCUT2D eigenvalue weighted by molar-refractivity contribution is 5.76. The molecule has 4 nitrogen and oxygen atoms in total. The van der Waals surface area contributed by atoms with Crippen LogP contribution in [0.15, 0.2) is 0 Å². The Balaban J connectivity index is 3.58. The molecule has 84 valence electrons. The predicted molar refractivity (Wildman–Crippen MR) is 55.1 cm³/mol. The van der Waals surface area contributed by atoms with Gasteiger partial charge in [-0.15, -0.1) is 0 Å². The van der Waals surface area contributed by atoms with Gasteiger partial charge >= 0.3 is 0 Å². The first-order valence-corrected chi connectivity index (χ1v) is 5.22. The average Bonchev–Trinajstić information content (AvgIpc) is 2.20. The van der Waals surface area contributed by atoms with Gasteiger partial charge in [0.2, 0.25) is 5.91 Å². The number of carbonyl (C=O) groups is 1. The highest BCUT2D eigenvalue weighted by Gasteiger charge is 2.09. The molecule has 0 aliphatic rings. The summed E-state index contributed by atoms with van der Waals surface area (Å²) in [7, 11) is 0. The van der Waals surface area contributed by atoms with Crippen LogP contribution < -0.4 is 0 Å². The average molecular weight is 203 g/mol. The van der Waals surface area contributed by atoms with E-state index >= 15 is 0 Å². The van der Waals surface area contributed by atoms with Crippen molar-refractivity contribution in [1.29, 1.82) is 0 Å². The van der Waals surface area contributed by atoms with Crippen LogP contribution in [0.1, 0.15) is 26.7 Å². The van der Waals surface area contributed by atoms with Crippen LogP contribution in [0.5, 0.6) is 0 Å². The topological polar surface area (TPSA) is 49.8 Å². The summed E-state index contributed by atoms with van der Waals surface area (Å²) < 4.78 is 5.14. The zero-order valence-electron chi connectivity index (χ0n) is 9.16. The third-order valence-corrected chi connectivity index (χ3v) is 1.99. The van der Waals surface area contributed by atoms with Gasteiger partial charge in [-0.25, -0.2) is 0 Å². The lowest BCUT2D eigenvalue weighted by atomic mass is 10.3. The second-order valence-corrected chi connectivity index (χ2v) is 3.00. The summed E-state index contributed by atoms with van der Waals surface area (Å²) >= 11 is 0. The minimum Gasteiger partial charge on any atom is -0.395 e. The summed E-state index contributed by atoms with van der Waals surface area (Å²) in [4.78, 5) is 13.1. The van der Waals surface area contributed by atoms with Crippen molar-refractivity contribution in [2.45, 2.75) is 26.7 Å². The van der Waals surface area contributed by atoms with E-state index in [1.54, 1.807) is 4.90 Å². The monoisotopic (exact) mass is 203 g/mol. The standard InChI is InChI=1S/C10H21NO3/c1-3-11(7-8-12)10(13)6-5-9-14-4-2/h12H,3-9H2,1-2H3. The maximum atomic E-state index is 11.5. The van der Waals surface area contributed by atoms with Crippen molar-refractivity contribution in [3.63, 3.8) is 0 Å². The van der Waals surface area contributed by atoms with Crippen molar-refractivity contribution in [2.75, 3.05) is 32.9 Å². The van der Waals surface area contributed by atoms with Crippen molar-refractivity contribution in [2.24, 2.45) is 0 Å². The number of carbonyl (C=O) groups excluding carboxylic acids is 1. The lowest BCUT2D eigenvalue weighted by molar-refractivity contribution is -0.131. The summed E-state index contributed by atoms with van der Waals surface area (Å²) in [6.45, 7) is 6.31. The van der Waals surface area contributed by atoms with E-state index in [0.717, 1.165) is 6.42 Å². The minimum atomic E-state index is 0.0328. The lowest BCUT2D eigenvalue weighted by Gasteiger charge is -2.19. The van der Waals surface area contributed by atoms with Gasteiger partial charge in [-0.05, 0) is 20.3 Å². The number of likely N-dealkylation sites (N-methyl/N-ethyl adjacent to an activating group) is 1. The number of aliphatic hydroxyl groups excluding tert-OH is 1. The van der Waals surface area contributed by atoms with E-state index in [9.17, 15) is 4.79 Å². The molecule has 0 saturated carbocycles. The molecule has 0 saturated heterocycles. The van der Waals surface area contributed by atoms with E-state index < -0.39 is 0 Å². The van der Waals surface area contributed by atoms with Gasteiger partial charge in [0, 0.05) is 32.7 Å². The van der Waals surface area contributed by atoms with E-state index in [-0.39, 0.29) is 12.5 Å². The molecule has 0 radical (unpaired) electrons. The van der Waals surface area contributed by atoms with Crippen molar-refractivity contribution in [1.82, 2.24) is 4.90 Å².